The van der Waals surface area contributed by atoms with Gasteiger partial charge in [0.15, 0.2) is 11.4 Å². The van der Waals surface area contributed by atoms with Crippen molar-refractivity contribution < 1.29 is 4.79 Å². The van der Waals surface area contributed by atoms with Gasteiger partial charge in [-0.25, -0.2) is 9.97 Å². The van der Waals surface area contributed by atoms with Gasteiger partial charge in [0, 0.05) is 53.8 Å². The minimum absolute atomic E-state index is 0.0570. The highest BCUT2D eigenvalue weighted by Crippen LogP contribution is 2.32. The molecule has 0 radical (unpaired) electrons. The molecule has 1 atom stereocenters. The maximum absolute atomic E-state index is 12.9. The molecule has 0 spiro atoms. The molecule has 4 heterocycles. The summed E-state index contributed by atoms with van der Waals surface area (Å²) in [5.41, 5.74) is 5.46. The minimum atomic E-state index is -0.480. The first kappa shape index (κ1) is 20.4. The predicted octanol–water partition coefficient (Wildman–Crippen LogP) is 5.24. The lowest BCUT2D eigenvalue weighted by molar-refractivity contribution is 0.0860. The molecule has 3 aromatic heterocycles. The van der Waals surface area contributed by atoms with Crippen molar-refractivity contribution in [3.63, 3.8) is 0 Å². The number of aromatic nitrogens is 4. The van der Waals surface area contributed by atoms with Crippen molar-refractivity contribution in [2.24, 2.45) is 5.41 Å². The Balaban J connectivity index is 1.44. The summed E-state index contributed by atoms with van der Waals surface area (Å²) < 4.78 is 0. The molecule has 0 aliphatic carbocycles. The Morgan fingerprint density at radius 2 is 2.00 bits per heavy atom. The highest BCUT2D eigenvalue weighted by atomic mass is 16.1. The number of H-pyrrole nitrogens is 1. The lowest BCUT2D eigenvalue weighted by Gasteiger charge is -2.19. The van der Waals surface area contributed by atoms with Gasteiger partial charge in [0.25, 0.3) is 0 Å². The summed E-state index contributed by atoms with van der Waals surface area (Å²) in [5, 5.41) is 0. The molecule has 162 valence electrons. The molecular formula is C26H27N5O. The molecule has 1 aliphatic heterocycles. The van der Waals surface area contributed by atoms with Gasteiger partial charge in [-0.2, -0.15) is 0 Å². The van der Waals surface area contributed by atoms with Crippen molar-refractivity contribution in [3.8, 4) is 11.3 Å². The Kier molecular flexibility index (Phi) is 5.00. The minimum Gasteiger partial charge on any atom is -0.371 e. The van der Waals surface area contributed by atoms with Crippen LogP contribution in [0.1, 0.15) is 49.2 Å². The summed E-state index contributed by atoms with van der Waals surface area (Å²) in [4.78, 5) is 32.3. The topological polar surface area (TPSA) is 74.8 Å². The Hall–Kier alpha value is -3.54. The van der Waals surface area contributed by atoms with Crippen LogP contribution in [0.25, 0.3) is 22.4 Å². The standard InChI is InChI=1S/C26H27N5O/c1-26(2,3)24(32)20-14-28-25-23(20)30-22(15-29-25)17-7-6-8-19(13-17)31-12-10-18(16-31)21-9-4-5-11-27-21/h4-9,11,13-15,18H,10,12,16H2,1-3H3,(H,28,29). The third kappa shape index (κ3) is 3.77. The van der Waals surface area contributed by atoms with Gasteiger partial charge in [-0.3, -0.25) is 9.78 Å². The van der Waals surface area contributed by atoms with Crippen LogP contribution in [0.15, 0.2) is 61.1 Å². The third-order valence-corrected chi connectivity index (χ3v) is 6.11. The number of Topliss-reactive ketones (excluding diaryl/α,β-unsaturated/α-hetero) is 1. The summed E-state index contributed by atoms with van der Waals surface area (Å²) in [6.07, 6.45) is 6.45. The van der Waals surface area contributed by atoms with E-state index in [9.17, 15) is 4.79 Å². The molecule has 6 nitrogen and oxygen atoms in total. The quantitative estimate of drug-likeness (QED) is 0.453. The van der Waals surface area contributed by atoms with Gasteiger partial charge in [-0.1, -0.05) is 39.0 Å². The van der Waals surface area contributed by atoms with E-state index in [0.717, 1.165) is 36.5 Å². The van der Waals surface area contributed by atoms with Gasteiger partial charge in [-0.15, -0.1) is 0 Å². The molecule has 0 saturated carbocycles. The van der Waals surface area contributed by atoms with E-state index in [2.05, 4.69) is 50.2 Å². The van der Waals surface area contributed by atoms with Crippen LogP contribution in [-0.4, -0.2) is 38.8 Å². The number of hydrogen-bond acceptors (Lipinski definition) is 5. The first-order valence-electron chi connectivity index (χ1n) is 11.1. The summed E-state index contributed by atoms with van der Waals surface area (Å²) in [7, 11) is 0. The number of aromatic amines is 1. The van der Waals surface area contributed by atoms with E-state index in [0.29, 0.717) is 22.6 Å². The number of nitrogens with one attached hydrogen (secondary N) is 1. The lowest BCUT2D eigenvalue weighted by Crippen LogP contribution is -2.20. The van der Waals surface area contributed by atoms with Crippen molar-refractivity contribution in [2.45, 2.75) is 33.1 Å². The number of rotatable bonds is 4. The molecule has 1 fully saturated rings. The lowest BCUT2D eigenvalue weighted by atomic mass is 9.87. The molecule has 5 rings (SSSR count). The second-order valence-corrected chi connectivity index (χ2v) is 9.47. The van der Waals surface area contributed by atoms with Gasteiger partial charge in [0.2, 0.25) is 0 Å². The fourth-order valence-corrected chi connectivity index (χ4v) is 4.32. The highest BCUT2D eigenvalue weighted by molar-refractivity contribution is 6.08. The van der Waals surface area contributed by atoms with Gasteiger partial charge >= 0.3 is 0 Å². The normalized spacial score (nSPS) is 16.6. The summed E-state index contributed by atoms with van der Waals surface area (Å²) in [5.74, 6) is 0.503. The molecule has 1 aliphatic rings. The number of anilines is 1. The number of carbonyl (C=O) groups is 1. The molecule has 1 unspecified atom stereocenters. The largest absolute Gasteiger partial charge is 0.371 e. The van der Waals surface area contributed by atoms with Crippen molar-refractivity contribution >= 4 is 22.6 Å². The monoisotopic (exact) mass is 425 g/mol. The molecule has 0 bridgehead atoms. The van der Waals surface area contributed by atoms with E-state index in [-0.39, 0.29) is 5.78 Å². The molecule has 1 saturated heterocycles. The molecule has 1 N–H and O–H groups in total. The first-order valence-corrected chi connectivity index (χ1v) is 11.1. The zero-order valence-electron chi connectivity index (χ0n) is 18.7. The molecule has 6 heteroatoms. The van der Waals surface area contributed by atoms with E-state index in [4.69, 9.17) is 4.98 Å². The van der Waals surface area contributed by atoms with Crippen LogP contribution < -0.4 is 4.90 Å². The number of pyridine rings is 1. The maximum Gasteiger partial charge on any atom is 0.171 e. The Morgan fingerprint density at radius 3 is 2.78 bits per heavy atom. The van der Waals surface area contributed by atoms with E-state index in [1.165, 1.54) is 5.69 Å². The Morgan fingerprint density at radius 1 is 1.12 bits per heavy atom. The maximum atomic E-state index is 12.9. The second-order valence-electron chi connectivity index (χ2n) is 9.47. The van der Waals surface area contributed by atoms with Crippen molar-refractivity contribution in [3.05, 3.63) is 72.3 Å². The van der Waals surface area contributed by atoms with Crippen LogP contribution in [0, 0.1) is 5.41 Å². The summed E-state index contributed by atoms with van der Waals surface area (Å²) in [6.45, 7) is 7.71. The Bertz CT molecular complexity index is 1270. The van der Waals surface area contributed by atoms with Crippen LogP contribution in [-0.2, 0) is 0 Å². The Labute approximate surface area is 187 Å². The van der Waals surface area contributed by atoms with Crippen LogP contribution in [0.4, 0.5) is 5.69 Å². The van der Waals surface area contributed by atoms with E-state index < -0.39 is 5.41 Å². The molecule has 1 aromatic carbocycles. The number of hydrogen-bond donors (Lipinski definition) is 1. The average Bonchev–Trinajstić information content (AvgIpc) is 3.46. The van der Waals surface area contributed by atoms with Gasteiger partial charge in [-0.05, 0) is 30.7 Å². The van der Waals surface area contributed by atoms with Crippen LogP contribution in [0.2, 0.25) is 0 Å². The number of carbonyl (C=O) groups excluding carboxylic acids is 1. The smallest absolute Gasteiger partial charge is 0.171 e. The molecule has 0 amide bonds. The molecule has 32 heavy (non-hydrogen) atoms. The van der Waals surface area contributed by atoms with Gasteiger partial charge < -0.3 is 9.88 Å². The average molecular weight is 426 g/mol. The number of nitrogens with zero attached hydrogens (tertiary/aromatic N) is 4. The third-order valence-electron chi connectivity index (χ3n) is 6.11. The summed E-state index contributed by atoms with van der Waals surface area (Å²) in [6, 6.07) is 14.5. The zero-order valence-corrected chi connectivity index (χ0v) is 18.7. The fourth-order valence-electron chi connectivity index (χ4n) is 4.32. The van der Waals surface area contributed by atoms with E-state index in [1.807, 2.05) is 39.1 Å². The van der Waals surface area contributed by atoms with Crippen LogP contribution in [0.5, 0.6) is 0 Å². The van der Waals surface area contributed by atoms with E-state index >= 15 is 0 Å². The molecular weight excluding hydrogens is 398 g/mol. The summed E-state index contributed by atoms with van der Waals surface area (Å²) >= 11 is 0. The predicted molar refractivity (Wildman–Crippen MR) is 127 cm³/mol. The molecule has 4 aromatic rings. The van der Waals surface area contributed by atoms with Crippen molar-refractivity contribution in [1.82, 2.24) is 19.9 Å². The van der Waals surface area contributed by atoms with Gasteiger partial charge in [0.05, 0.1) is 17.5 Å². The first-order chi connectivity index (χ1) is 15.4. The SMILES string of the molecule is CC(C)(C)C(=O)c1c[nH]c2ncc(-c3cccc(N4CCC(c5ccccn5)C4)c3)nc12. The van der Waals surface area contributed by atoms with Crippen LogP contribution >= 0.6 is 0 Å². The van der Waals surface area contributed by atoms with Crippen molar-refractivity contribution in [2.75, 3.05) is 18.0 Å². The fraction of sp³-hybridized carbons (Fsp3) is 0.308. The number of ketones is 1. The number of benzene rings is 1. The van der Waals surface area contributed by atoms with E-state index in [1.54, 1.807) is 12.4 Å². The highest BCUT2D eigenvalue weighted by Gasteiger charge is 2.27. The van der Waals surface area contributed by atoms with Crippen molar-refractivity contribution in [1.29, 1.82) is 0 Å². The second kappa shape index (κ2) is 7.86. The van der Waals surface area contributed by atoms with Crippen LogP contribution in [0.3, 0.4) is 0 Å². The number of fused-ring (bicyclic) bond motifs is 1. The zero-order chi connectivity index (χ0) is 22.3. The van der Waals surface area contributed by atoms with Gasteiger partial charge in [0.1, 0.15) is 5.52 Å².